The van der Waals surface area contributed by atoms with Crippen molar-refractivity contribution in [3.05, 3.63) is 45.4 Å². The fourth-order valence-corrected chi connectivity index (χ4v) is 3.88. The highest BCUT2D eigenvalue weighted by molar-refractivity contribution is 7.15. The second-order valence-corrected chi connectivity index (χ2v) is 7.27. The van der Waals surface area contributed by atoms with E-state index in [9.17, 15) is 9.59 Å². The predicted molar refractivity (Wildman–Crippen MR) is 99.2 cm³/mol. The van der Waals surface area contributed by atoms with Crippen molar-refractivity contribution in [1.82, 2.24) is 15.2 Å². The third-order valence-corrected chi connectivity index (χ3v) is 5.23. The van der Waals surface area contributed by atoms with Gasteiger partial charge in [-0.2, -0.15) is 0 Å². The number of aromatic nitrogens is 1. The fourth-order valence-electron chi connectivity index (χ4n) is 2.63. The number of hydrogen-bond donors (Lipinski definition) is 2. The molecular weight excluding hydrogens is 360 g/mol. The van der Waals surface area contributed by atoms with Crippen LogP contribution in [0.5, 0.6) is 0 Å². The van der Waals surface area contributed by atoms with E-state index in [0.29, 0.717) is 15.7 Å². The minimum atomic E-state index is -0.338. The number of hydrogen-bond acceptors (Lipinski definition) is 5. The normalized spacial score (nSPS) is 14.0. The molecular formula is C17H19ClN4O2S. The minimum Gasteiger partial charge on any atom is -0.343 e. The van der Waals surface area contributed by atoms with E-state index >= 15 is 0 Å². The summed E-state index contributed by atoms with van der Waals surface area (Å²) in [6, 6.07) is 6.59. The Hall–Kier alpha value is -1.96. The Bertz CT molecular complexity index is 793. The summed E-state index contributed by atoms with van der Waals surface area (Å²) in [5.74, 6) is -0.636. The van der Waals surface area contributed by atoms with Gasteiger partial charge in [0.1, 0.15) is 0 Å². The second-order valence-electron chi connectivity index (χ2n) is 5.75. The Labute approximate surface area is 155 Å². The SMILES string of the molecule is CCN1CCc2nc(NC(=O)CNC(=O)c3cccc(Cl)c3)sc2C1. The van der Waals surface area contributed by atoms with Gasteiger partial charge in [-0.1, -0.05) is 24.6 Å². The van der Waals surface area contributed by atoms with Crippen molar-refractivity contribution in [3.8, 4) is 0 Å². The topological polar surface area (TPSA) is 74.3 Å². The molecule has 0 fully saturated rings. The maximum Gasteiger partial charge on any atom is 0.251 e. The van der Waals surface area contributed by atoms with Gasteiger partial charge in [0.25, 0.3) is 5.91 Å². The number of thiazole rings is 1. The van der Waals surface area contributed by atoms with Gasteiger partial charge < -0.3 is 10.6 Å². The van der Waals surface area contributed by atoms with Gasteiger partial charge in [-0.05, 0) is 24.7 Å². The van der Waals surface area contributed by atoms with E-state index in [1.165, 1.54) is 16.2 Å². The van der Waals surface area contributed by atoms with Gasteiger partial charge >= 0.3 is 0 Å². The maximum atomic E-state index is 12.1. The van der Waals surface area contributed by atoms with E-state index in [1.54, 1.807) is 24.3 Å². The van der Waals surface area contributed by atoms with Crippen molar-refractivity contribution in [2.24, 2.45) is 0 Å². The van der Waals surface area contributed by atoms with Gasteiger partial charge in [-0.15, -0.1) is 11.3 Å². The molecule has 1 aliphatic heterocycles. The summed E-state index contributed by atoms with van der Waals surface area (Å²) in [5.41, 5.74) is 1.48. The molecule has 0 saturated heterocycles. The Morgan fingerprint density at radius 3 is 3.00 bits per heavy atom. The number of likely N-dealkylation sites (N-methyl/N-ethyl adjacent to an activating group) is 1. The molecule has 0 unspecified atom stereocenters. The molecule has 1 aliphatic rings. The standard InChI is InChI=1S/C17H19ClN4O2S/c1-2-22-7-6-13-14(10-22)25-17(20-13)21-15(23)9-19-16(24)11-4-3-5-12(18)8-11/h3-5,8H,2,6-7,9-10H2,1H3,(H,19,24)(H,20,21,23). The lowest BCUT2D eigenvalue weighted by atomic mass is 10.2. The van der Waals surface area contributed by atoms with Gasteiger partial charge in [-0.3, -0.25) is 14.5 Å². The lowest BCUT2D eigenvalue weighted by Gasteiger charge is -2.23. The van der Waals surface area contributed by atoms with Crippen LogP contribution in [0.4, 0.5) is 5.13 Å². The van der Waals surface area contributed by atoms with E-state index in [-0.39, 0.29) is 18.4 Å². The number of benzene rings is 1. The molecule has 0 bridgehead atoms. The Morgan fingerprint density at radius 1 is 1.40 bits per heavy atom. The molecule has 132 valence electrons. The molecule has 0 atom stereocenters. The lowest BCUT2D eigenvalue weighted by molar-refractivity contribution is -0.115. The first-order valence-corrected chi connectivity index (χ1v) is 9.29. The first-order chi connectivity index (χ1) is 12.0. The molecule has 6 nitrogen and oxygen atoms in total. The van der Waals surface area contributed by atoms with Crippen LogP contribution in [0.15, 0.2) is 24.3 Å². The number of fused-ring (bicyclic) bond motifs is 1. The molecule has 2 amide bonds. The smallest absolute Gasteiger partial charge is 0.251 e. The number of carbonyl (C=O) groups excluding carboxylic acids is 2. The van der Waals surface area contributed by atoms with Crippen LogP contribution in [-0.4, -0.2) is 41.3 Å². The minimum absolute atomic E-state index is 0.114. The molecule has 0 spiro atoms. The van der Waals surface area contributed by atoms with Crippen LogP contribution in [-0.2, 0) is 17.8 Å². The van der Waals surface area contributed by atoms with Gasteiger partial charge in [0.15, 0.2) is 5.13 Å². The molecule has 0 radical (unpaired) electrons. The van der Waals surface area contributed by atoms with Crippen molar-refractivity contribution in [3.63, 3.8) is 0 Å². The molecule has 8 heteroatoms. The van der Waals surface area contributed by atoms with Crippen molar-refractivity contribution < 1.29 is 9.59 Å². The average Bonchev–Trinajstić information content (AvgIpc) is 3.00. The van der Waals surface area contributed by atoms with E-state index in [4.69, 9.17) is 11.6 Å². The molecule has 0 aliphatic carbocycles. The first kappa shape index (κ1) is 17.8. The van der Waals surface area contributed by atoms with E-state index in [2.05, 4.69) is 27.4 Å². The molecule has 1 aromatic carbocycles. The second kappa shape index (κ2) is 7.95. The van der Waals surface area contributed by atoms with Crippen LogP contribution in [0.2, 0.25) is 5.02 Å². The first-order valence-electron chi connectivity index (χ1n) is 8.09. The van der Waals surface area contributed by atoms with Gasteiger partial charge in [-0.25, -0.2) is 4.98 Å². The third kappa shape index (κ3) is 4.56. The molecule has 2 aromatic rings. The number of nitrogens with zero attached hydrogens (tertiary/aromatic N) is 2. The number of amides is 2. The lowest BCUT2D eigenvalue weighted by Crippen LogP contribution is -2.32. The van der Waals surface area contributed by atoms with Gasteiger partial charge in [0.05, 0.1) is 12.2 Å². The molecule has 3 rings (SSSR count). The summed E-state index contributed by atoms with van der Waals surface area (Å²) in [6.45, 7) is 4.91. The quantitative estimate of drug-likeness (QED) is 0.838. The van der Waals surface area contributed by atoms with Crippen molar-refractivity contribution in [1.29, 1.82) is 0 Å². The highest BCUT2D eigenvalue weighted by Crippen LogP contribution is 2.28. The third-order valence-electron chi connectivity index (χ3n) is 4.00. The van der Waals surface area contributed by atoms with Gasteiger partial charge in [0, 0.05) is 35.0 Å². The number of rotatable bonds is 5. The van der Waals surface area contributed by atoms with Crippen LogP contribution >= 0.6 is 22.9 Å². The highest BCUT2D eigenvalue weighted by Gasteiger charge is 2.20. The fraction of sp³-hybridized carbons (Fsp3) is 0.353. The highest BCUT2D eigenvalue weighted by atomic mass is 35.5. The molecule has 2 N–H and O–H groups in total. The van der Waals surface area contributed by atoms with E-state index < -0.39 is 0 Å². The van der Waals surface area contributed by atoms with Crippen LogP contribution in [0.25, 0.3) is 0 Å². The zero-order valence-electron chi connectivity index (χ0n) is 13.8. The summed E-state index contributed by atoms with van der Waals surface area (Å²) in [4.78, 5) is 32.1. The number of halogens is 1. The number of nitrogens with one attached hydrogen (secondary N) is 2. The summed E-state index contributed by atoms with van der Waals surface area (Å²) in [6.07, 6.45) is 0.904. The maximum absolute atomic E-state index is 12.1. The zero-order valence-corrected chi connectivity index (χ0v) is 15.4. The number of anilines is 1. The van der Waals surface area contributed by atoms with E-state index in [0.717, 1.165) is 31.7 Å². The van der Waals surface area contributed by atoms with Crippen LogP contribution in [0.1, 0.15) is 27.9 Å². The van der Waals surface area contributed by atoms with Crippen LogP contribution in [0.3, 0.4) is 0 Å². The Kier molecular flexibility index (Phi) is 5.67. The summed E-state index contributed by atoms with van der Waals surface area (Å²) < 4.78 is 0. The van der Waals surface area contributed by atoms with Crippen molar-refractivity contribution in [2.45, 2.75) is 19.9 Å². The zero-order chi connectivity index (χ0) is 17.8. The number of carbonyl (C=O) groups is 2. The summed E-state index contributed by atoms with van der Waals surface area (Å²) >= 11 is 7.36. The van der Waals surface area contributed by atoms with Crippen molar-refractivity contribution >= 4 is 39.9 Å². The summed E-state index contributed by atoms with van der Waals surface area (Å²) in [7, 11) is 0. The molecule has 25 heavy (non-hydrogen) atoms. The van der Waals surface area contributed by atoms with E-state index in [1.807, 2.05) is 0 Å². The largest absolute Gasteiger partial charge is 0.343 e. The summed E-state index contributed by atoms with van der Waals surface area (Å²) in [5, 5.41) is 6.41. The Morgan fingerprint density at radius 2 is 2.24 bits per heavy atom. The Balaban J connectivity index is 1.53. The van der Waals surface area contributed by atoms with Gasteiger partial charge in [0.2, 0.25) is 5.91 Å². The molecule has 1 aromatic heterocycles. The average molecular weight is 379 g/mol. The molecule has 0 saturated carbocycles. The predicted octanol–water partition coefficient (Wildman–Crippen LogP) is 2.54. The van der Waals surface area contributed by atoms with Crippen molar-refractivity contribution in [2.75, 3.05) is 25.0 Å². The van der Waals surface area contributed by atoms with Crippen LogP contribution in [0, 0.1) is 0 Å². The molecule has 2 heterocycles. The van der Waals surface area contributed by atoms with Crippen LogP contribution < -0.4 is 10.6 Å². The monoisotopic (exact) mass is 378 g/mol.